The molecule has 184 valence electrons. The Balaban J connectivity index is 1.87. The first-order chi connectivity index (χ1) is 16.7. The number of anilines is 2. The lowest BCUT2D eigenvalue weighted by molar-refractivity contribution is -0.110. The fraction of sp³-hybridized carbons (Fsp3) is 0.280. The van der Waals surface area contributed by atoms with Gasteiger partial charge in [-0.2, -0.15) is 5.10 Å². The van der Waals surface area contributed by atoms with Crippen LogP contribution in [0.3, 0.4) is 0 Å². The third-order valence-electron chi connectivity index (χ3n) is 5.70. The molecular weight excluding hydrogens is 468 g/mol. The summed E-state index contributed by atoms with van der Waals surface area (Å²) in [6.45, 7) is 7.98. The van der Waals surface area contributed by atoms with Gasteiger partial charge < -0.3 is 14.8 Å². The highest BCUT2D eigenvalue weighted by Crippen LogP contribution is 2.42. The first-order valence-electron chi connectivity index (χ1n) is 11.2. The fourth-order valence-corrected chi connectivity index (χ4v) is 5.31. The molecular formula is C25H28N4O5S. The summed E-state index contributed by atoms with van der Waals surface area (Å²) in [5, 5.41) is 7.27. The highest BCUT2D eigenvalue weighted by atomic mass is 32.2. The van der Waals surface area contributed by atoms with E-state index in [2.05, 4.69) is 15.1 Å². The largest absolute Gasteiger partial charge is 0.495 e. The number of nitrogens with zero attached hydrogens (tertiary/aromatic N) is 2. The maximum Gasteiger partial charge on any atom is 0.265 e. The highest BCUT2D eigenvalue weighted by molar-refractivity contribution is 7.92. The van der Waals surface area contributed by atoms with Crippen molar-refractivity contribution in [1.29, 1.82) is 0 Å². The van der Waals surface area contributed by atoms with Gasteiger partial charge in [0.15, 0.2) is 0 Å². The van der Waals surface area contributed by atoms with Crippen molar-refractivity contribution in [2.45, 2.75) is 38.8 Å². The monoisotopic (exact) mass is 496 g/mol. The van der Waals surface area contributed by atoms with Crippen LogP contribution in [0.1, 0.15) is 39.5 Å². The number of nitrogens with one attached hydrogen (secondary N) is 2. The number of para-hydroxylation sites is 1. The number of fused-ring (bicyclic) bond motifs is 1. The van der Waals surface area contributed by atoms with Gasteiger partial charge in [0.05, 0.1) is 19.0 Å². The van der Waals surface area contributed by atoms with E-state index in [-0.39, 0.29) is 22.8 Å². The number of amides is 1. The standard InChI is InChI=1S/C25H28N4O5S/c1-6-34-16(4)29-14-17(13-26-29)18-11-20-19(24(15(2)3)25(30)27-20)12-21(18)28-35(31,32)23-10-8-7-9-22(23)33-5/h7-14,16,28H,6H2,1-5H3,(H,27,30). The number of aromatic nitrogens is 2. The zero-order chi connectivity index (χ0) is 25.3. The molecule has 1 aliphatic rings. The third kappa shape index (κ3) is 4.67. The summed E-state index contributed by atoms with van der Waals surface area (Å²) in [5.41, 5.74) is 4.12. The number of sulfonamides is 1. The molecule has 0 radical (unpaired) electrons. The van der Waals surface area contributed by atoms with Crippen LogP contribution in [0.4, 0.5) is 11.4 Å². The van der Waals surface area contributed by atoms with Gasteiger partial charge >= 0.3 is 0 Å². The van der Waals surface area contributed by atoms with Crippen molar-refractivity contribution < 1.29 is 22.7 Å². The molecule has 2 heterocycles. The van der Waals surface area contributed by atoms with E-state index < -0.39 is 10.0 Å². The van der Waals surface area contributed by atoms with Crippen molar-refractivity contribution in [1.82, 2.24) is 9.78 Å². The number of allylic oxidation sites excluding steroid dienone is 1. The van der Waals surface area contributed by atoms with Crippen LogP contribution in [0.2, 0.25) is 0 Å². The second-order valence-corrected chi connectivity index (χ2v) is 9.94. The number of hydrogen-bond acceptors (Lipinski definition) is 6. The van der Waals surface area contributed by atoms with E-state index >= 15 is 0 Å². The van der Waals surface area contributed by atoms with Crippen molar-refractivity contribution >= 4 is 32.9 Å². The molecule has 35 heavy (non-hydrogen) atoms. The van der Waals surface area contributed by atoms with Gasteiger partial charge in [-0.05, 0) is 52.0 Å². The molecule has 3 aromatic rings. The highest BCUT2D eigenvalue weighted by Gasteiger charge is 2.29. The van der Waals surface area contributed by atoms with E-state index in [4.69, 9.17) is 9.47 Å². The molecule has 1 unspecified atom stereocenters. The minimum Gasteiger partial charge on any atom is -0.495 e. The molecule has 9 nitrogen and oxygen atoms in total. The van der Waals surface area contributed by atoms with Gasteiger partial charge in [-0.1, -0.05) is 17.7 Å². The maximum absolute atomic E-state index is 13.4. The summed E-state index contributed by atoms with van der Waals surface area (Å²) in [7, 11) is -2.60. The lowest BCUT2D eigenvalue weighted by Crippen LogP contribution is -2.15. The second kappa shape index (κ2) is 9.55. The van der Waals surface area contributed by atoms with Crippen LogP contribution in [-0.2, 0) is 19.6 Å². The minimum absolute atomic E-state index is 0.00579. The molecule has 10 heteroatoms. The Morgan fingerprint density at radius 3 is 2.63 bits per heavy atom. The molecule has 0 spiro atoms. The summed E-state index contributed by atoms with van der Waals surface area (Å²) < 4.78 is 42.1. The van der Waals surface area contributed by atoms with Crippen LogP contribution >= 0.6 is 0 Å². The number of methoxy groups -OCH3 is 1. The Morgan fingerprint density at radius 2 is 1.94 bits per heavy atom. The quantitative estimate of drug-likeness (QED) is 0.439. The molecule has 1 aliphatic heterocycles. The number of rotatable bonds is 8. The number of benzene rings is 2. The van der Waals surface area contributed by atoms with Gasteiger partial charge in [0.25, 0.3) is 15.9 Å². The topological polar surface area (TPSA) is 112 Å². The number of hydrogen-bond donors (Lipinski definition) is 2. The Bertz CT molecular complexity index is 1420. The number of carbonyl (C=O) groups excluding carboxylic acids is 1. The Labute approximate surface area is 204 Å². The molecule has 2 aromatic carbocycles. The van der Waals surface area contributed by atoms with Gasteiger partial charge in [0, 0.05) is 40.8 Å². The molecule has 1 aromatic heterocycles. The summed E-state index contributed by atoms with van der Waals surface area (Å²) in [4.78, 5) is 12.6. The van der Waals surface area contributed by atoms with Gasteiger partial charge in [0.1, 0.15) is 16.9 Å². The van der Waals surface area contributed by atoms with Crippen molar-refractivity contribution in [2.24, 2.45) is 0 Å². The van der Waals surface area contributed by atoms with Gasteiger partial charge in [0.2, 0.25) is 0 Å². The van der Waals surface area contributed by atoms with E-state index in [0.717, 1.165) is 5.57 Å². The Hall–Kier alpha value is -3.63. The molecule has 0 saturated carbocycles. The van der Waals surface area contributed by atoms with Crippen LogP contribution in [0.25, 0.3) is 16.7 Å². The average molecular weight is 497 g/mol. The van der Waals surface area contributed by atoms with Crippen LogP contribution in [-0.4, -0.2) is 37.8 Å². The van der Waals surface area contributed by atoms with Crippen LogP contribution in [0.5, 0.6) is 5.75 Å². The Morgan fingerprint density at radius 1 is 1.20 bits per heavy atom. The lowest BCUT2D eigenvalue weighted by atomic mass is 9.98. The molecule has 1 amide bonds. The molecule has 4 rings (SSSR count). The van der Waals surface area contributed by atoms with Crippen molar-refractivity contribution in [3.8, 4) is 16.9 Å². The first kappa shape index (κ1) is 24.5. The van der Waals surface area contributed by atoms with Gasteiger partial charge in [-0.3, -0.25) is 9.52 Å². The summed E-state index contributed by atoms with van der Waals surface area (Å²) in [6, 6.07) is 9.83. The van der Waals surface area contributed by atoms with E-state index in [1.165, 1.54) is 13.2 Å². The second-order valence-electron chi connectivity index (χ2n) is 8.29. The van der Waals surface area contributed by atoms with Gasteiger partial charge in [-0.25, -0.2) is 13.1 Å². The SMILES string of the molecule is CCOC(C)n1cc(-c2cc3c(cc2NS(=O)(=O)c2ccccc2OC)C(=C(C)C)C(=O)N3)cn1. The van der Waals surface area contributed by atoms with Crippen LogP contribution in [0, 0.1) is 0 Å². The van der Waals surface area contributed by atoms with Crippen LogP contribution in [0.15, 0.2) is 59.3 Å². The fourth-order valence-electron chi connectivity index (χ4n) is 4.07. The van der Waals surface area contributed by atoms with E-state index in [0.29, 0.717) is 40.2 Å². The molecule has 0 bridgehead atoms. The summed E-state index contributed by atoms with van der Waals surface area (Å²) in [5.74, 6) is -0.000695. The van der Waals surface area contributed by atoms with Crippen molar-refractivity contribution in [3.63, 3.8) is 0 Å². The smallest absolute Gasteiger partial charge is 0.265 e. The zero-order valence-corrected chi connectivity index (χ0v) is 21.1. The summed E-state index contributed by atoms with van der Waals surface area (Å²) >= 11 is 0. The van der Waals surface area contributed by atoms with E-state index in [9.17, 15) is 13.2 Å². The molecule has 0 aliphatic carbocycles. The van der Waals surface area contributed by atoms with Crippen molar-refractivity contribution in [2.75, 3.05) is 23.8 Å². The minimum atomic E-state index is -4.02. The molecule has 0 fully saturated rings. The van der Waals surface area contributed by atoms with E-state index in [1.54, 1.807) is 47.4 Å². The molecule has 2 N–H and O–H groups in total. The molecule has 0 saturated heterocycles. The average Bonchev–Trinajstić information content (AvgIpc) is 3.42. The zero-order valence-electron chi connectivity index (χ0n) is 20.2. The first-order valence-corrected chi connectivity index (χ1v) is 12.6. The van der Waals surface area contributed by atoms with E-state index in [1.807, 2.05) is 27.7 Å². The predicted octanol–water partition coefficient (Wildman–Crippen LogP) is 4.66. The Kier molecular flexibility index (Phi) is 6.68. The summed E-state index contributed by atoms with van der Waals surface area (Å²) in [6.07, 6.45) is 3.12. The normalized spacial score (nSPS) is 13.9. The van der Waals surface area contributed by atoms with Crippen LogP contribution < -0.4 is 14.8 Å². The number of ether oxygens (including phenoxy) is 2. The lowest BCUT2D eigenvalue weighted by Gasteiger charge is -2.16. The van der Waals surface area contributed by atoms with Gasteiger partial charge in [-0.15, -0.1) is 0 Å². The van der Waals surface area contributed by atoms with Crippen molar-refractivity contribution in [3.05, 3.63) is 59.9 Å². The third-order valence-corrected chi connectivity index (χ3v) is 7.10. The predicted molar refractivity (Wildman–Crippen MR) is 135 cm³/mol. The number of carbonyl (C=O) groups is 1. The maximum atomic E-state index is 13.4. The molecule has 1 atom stereocenters.